The number of benzene rings is 2. The molecule has 0 bridgehead atoms. The number of ether oxygens (including phenoxy) is 2. The zero-order valence-corrected chi connectivity index (χ0v) is 19.2. The molecule has 0 radical (unpaired) electrons. The quantitative estimate of drug-likeness (QED) is 0.333. The van der Waals surface area contributed by atoms with Crippen molar-refractivity contribution in [2.24, 2.45) is 10.9 Å². The van der Waals surface area contributed by atoms with E-state index in [4.69, 9.17) is 9.47 Å². The summed E-state index contributed by atoms with van der Waals surface area (Å²) >= 11 is 0. The number of hydrogen-bond acceptors (Lipinski definition) is 4. The van der Waals surface area contributed by atoms with Crippen LogP contribution >= 0.6 is 0 Å². The van der Waals surface area contributed by atoms with Crippen LogP contribution in [0.3, 0.4) is 0 Å². The van der Waals surface area contributed by atoms with Crippen LogP contribution in [0.15, 0.2) is 53.5 Å². The van der Waals surface area contributed by atoms with Crippen LogP contribution in [0.4, 0.5) is 5.69 Å². The van der Waals surface area contributed by atoms with E-state index in [9.17, 15) is 4.79 Å². The summed E-state index contributed by atoms with van der Waals surface area (Å²) in [5.41, 5.74) is 3.21. The van der Waals surface area contributed by atoms with E-state index >= 15 is 0 Å². The number of amides is 1. The Labute approximate surface area is 190 Å². The molecule has 1 aliphatic heterocycles. The third-order valence-electron chi connectivity index (χ3n) is 5.42. The highest BCUT2D eigenvalue weighted by Crippen LogP contribution is 2.33. The van der Waals surface area contributed by atoms with E-state index in [0.29, 0.717) is 24.8 Å². The molecule has 0 aromatic heterocycles. The van der Waals surface area contributed by atoms with Crippen molar-refractivity contribution in [2.45, 2.75) is 32.8 Å². The summed E-state index contributed by atoms with van der Waals surface area (Å²) < 4.78 is 11.9. The van der Waals surface area contributed by atoms with Gasteiger partial charge in [-0.05, 0) is 37.5 Å². The molecule has 1 fully saturated rings. The second-order valence-electron chi connectivity index (χ2n) is 8.04. The minimum absolute atomic E-state index is 0.105. The first kappa shape index (κ1) is 23.6. The van der Waals surface area contributed by atoms with E-state index < -0.39 is 0 Å². The largest absolute Gasteiger partial charge is 0.492 e. The maximum Gasteiger partial charge on any atom is 0.221 e. The monoisotopic (exact) mass is 438 g/mol. The number of nitrogens with zero attached hydrogens (tertiary/aromatic N) is 1. The molecule has 172 valence electrons. The smallest absolute Gasteiger partial charge is 0.221 e. The van der Waals surface area contributed by atoms with Crippen LogP contribution < -0.4 is 20.7 Å². The van der Waals surface area contributed by atoms with Gasteiger partial charge in [0.25, 0.3) is 0 Å². The molecular formula is C25H34N4O3. The number of nitrogens with one attached hydrogen (secondary N) is 3. The number of anilines is 1. The standard InChI is InChI=1S/C25H34N4O3/c1-18-9-11-20(12-10-18)24-21(6-5-14-32-24)17-28-25(26-3)27-13-15-31-23-8-4-7-22(16-23)29-19(2)30/h4,7-12,16,21,24H,5-6,13-15,17H2,1-3H3,(H,29,30)(H2,26,27,28). The lowest BCUT2D eigenvalue weighted by molar-refractivity contribution is -0.114. The highest BCUT2D eigenvalue weighted by molar-refractivity contribution is 5.88. The Morgan fingerprint density at radius 3 is 2.75 bits per heavy atom. The molecule has 7 heteroatoms. The normalized spacial score (nSPS) is 18.7. The average Bonchev–Trinajstić information content (AvgIpc) is 2.79. The third-order valence-corrected chi connectivity index (χ3v) is 5.42. The van der Waals surface area contributed by atoms with Gasteiger partial charge in [0.2, 0.25) is 5.91 Å². The minimum Gasteiger partial charge on any atom is -0.492 e. The van der Waals surface area contributed by atoms with E-state index in [2.05, 4.69) is 52.1 Å². The van der Waals surface area contributed by atoms with Gasteiger partial charge in [0.15, 0.2) is 5.96 Å². The van der Waals surface area contributed by atoms with Crippen molar-refractivity contribution in [3.8, 4) is 5.75 Å². The predicted octanol–water partition coefficient (Wildman–Crippen LogP) is 3.67. The number of aryl methyl sites for hydroxylation is 1. The first-order valence-electron chi connectivity index (χ1n) is 11.2. The van der Waals surface area contributed by atoms with Gasteiger partial charge in [-0.2, -0.15) is 0 Å². The number of guanidine groups is 1. The van der Waals surface area contributed by atoms with Crippen molar-refractivity contribution in [1.29, 1.82) is 0 Å². The highest BCUT2D eigenvalue weighted by atomic mass is 16.5. The van der Waals surface area contributed by atoms with E-state index in [0.717, 1.165) is 37.6 Å². The van der Waals surface area contributed by atoms with E-state index in [1.165, 1.54) is 18.1 Å². The van der Waals surface area contributed by atoms with Crippen LogP contribution in [0.1, 0.15) is 37.0 Å². The number of carbonyl (C=O) groups is 1. The second-order valence-corrected chi connectivity index (χ2v) is 8.04. The van der Waals surface area contributed by atoms with Gasteiger partial charge in [0, 0.05) is 44.8 Å². The number of aliphatic imine (C=N–C) groups is 1. The van der Waals surface area contributed by atoms with Crippen molar-refractivity contribution in [2.75, 3.05) is 38.7 Å². The lowest BCUT2D eigenvalue weighted by atomic mass is 9.89. The summed E-state index contributed by atoms with van der Waals surface area (Å²) in [7, 11) is 1.77. The summed E-state index contributed by atoms with van der Waals surface area (Å²) in [4.78, 5) is 15.5. The average molecular weight is 439 g/mol. The molecule has 1 saturated heterocycles. The van der Waals surface area contributed by atoms with Crippen molar-refractivity contribution in [3.05, 3.63) is 59.7 Å². The van der Waals surface area contributed by atoms with Crippen molar-refractivity contribution >= 4 is 17.6 Å². The molecule has 0 saturated carbocycles. The summed E-state index contributed by atoms with van der Waals surface area (Å²) in [5.74, 6) is 1.74. The van der Waals surface area contributed by atoms with Crippen molar-refractivity contribution < 1.29 is 14.3 Å². The van der Waals surface area contributed by atoms with Crippen LogP contribution in [-0.4, -0.2) is 45.2 Å². The first-order chi connectivity index (χ1) is 15.5. The molecule has 2 unspecified atom stereocenters. The molecule has 3 rings (SSSR count). The van der Waals surface area contributed by atoms with Crippen molar-refractivity contribution in [3.63, 3.8) is 0 Å². The zero-order valence-electron chi connectivity index (χ0n) is 19.2. The van der Waals surface area contributed by atoms with Crippen LogP contribution in [-0.2, 0) is 9.53 Å². The number of carbonyl (C=O) groups excluding carboxylic acids is 1. The van der Waals surface area contributed by atoms with Gasteiger partial charge in [0.05, 0.1) is 12.6 Å². The fourth-order valence-electron chi connectivity index (χ4n) is 3.83. The Balaban J connectivity index is 1.44. The fraction of sp³-hybridized carbons (Fsp3) is 0.440. The summed E-state index contributed by atoms with van der Waals surface area (Å²) in [6.07, 6.45) is 2.30. The lowest BCUT2D eigenvalue weighted by Crippen LogP contribution is -2.43. The molecule has 1 amide bonds. The third kappa shape index (κ3) is 7.27. The Morgan fingerprint density at radius 1 is 1.19 bits per heavy atom. The number of rotatable bonds is 8. The van der Waals surface area contributed by atoms with Gasteiger partial charge < -0.3 is 25.4 Å². The molecule has 0 spiro atoms. The summed E-state index contributed by atoms with van der Waals surface area (Å²) in [6, 6.07) is 16.0. The second kappa shape index (κ2) is 12.1. The van der Waals surface area contributed by atoms with Gasteiger partial charge >= 0.3 is 0 Å². The van der Waals surface area contributed by atoms with E-state index in [1.807, 2.05) is 24.3 Å². The maximum absolute atomic E-state index is 11.2. The summed E-state index contributed by atoms with van der Waals surface area (Å²) in [6.45, 7) is 6.26. The van der Waals surface area contributed by atoms with Gasteiger partial charge in [-0.25, -0.2) is 0 Å². The van der Waals surface area contributed by atoms with Crippen LogP contribution in [0, 0.1) is 12.8 Å². The topological polar surface area (TPSA) is 84.0 Å². The van der Waals surface area contributed by atoms with Gasteiger partial charge in [-0.1, -0.05) is 35.9 Å². The van der Waals surface area contributed by atoms with Gasteiger partial charge in [-0.15, -0.1) is 0 Å². The zero-order chi connectivity index (χ0) is 22.8. The van der Waals surface area contributed by atoms with E-state index in [1.54, 1.807) is 7.05 Å². The molecule has 7 nitrogen and oxygen atoms in total. The molecule has 3 N–H and O–H groups in total. The lowest BCUT2D eigenvalue weighted by Gasteiger charge is -2.32. The van der Waals surface area contributed by atoms with Crippen LogP contribution in [0.25, 0.3) is 0 Å². The van der Waals surface area contributed by atoms with Gasteiger partial charge in [-0.3, -0.25) is 9.79 Å². The SMILES string of the molecule is CN=C(NCCOc1cccc(NC(C)=O)c1)NCC1CCCOC1c1ccc(C)cc1. The molecule has 1 heterocycles. The highest BCUT2D eigenvalue weighted by Gasteiger charge is 2.27. The maximum atomic E-state index is 11.2. The molecule has 2 atom stereocenters. The van der Waals surface area contributed by atoms with Crippen LogP contribution in [0.2, 0.25) is 0 Å². The molecule has 0 aliphatic carbocycles. The van der Waals surface area contributed by atoms with Crippen LogP contribution in [0.5, 0.6) is 5.75 Å². The molecular weight excluding hydrogens is 404 g/mol. The first-order valence-corrected chi connectivity index (χ1v) is 11.2. The predicted molar refractivity (Wildman–Crippen MR) is 128 cm³/mol. The molecule has 2 aromatic rings. The van der Waals surface area contributed by atoms with Crippen molar-refractivity contribution in [1.82, 2.24) is 10.6 Å². The Hall–Kier alpha value is -3.06. The Bertz CT molecular complexity index is 898. The molecule has 32 heavy (non-hydrogen) atoms. The number of hydrogen-bond donors (Lipinski definition) is 3. The Morgan fingerprint density at radius 2 is 2.00 bits per heavy atom. The Kier molecular flexibility index (Phi) is 8.92. The molecule has 1 aliphatic rings. The minimum atomic E-state index is -0.105. The van der Waals surface area contributed by atoms with E-state index in [-0.39, 0.29) is 12.0 Å². The summed E-state index contributed by atoms with van der Waals surface area (Å²) in [5, 5.41) is 9.48. The molecule has 2 aromatic carbocycles. The van der Waals surface area contributed by atoms with Gasteiger partial charge in [0.1, 0.15) is 12.4 Å². The fourth-order valence-corrected chi connectivity index (χ4v) is 3.83.